The molecule has 0 saturated carbocycles. The third-order valence-electron chi connectivity index (χ3n) is 7.04. The number of ether oxygens (including phenoxy) is 3. The average molecular weight is 498 g/mol. The first-order chi connectivity index (χ1) is 18.0. The Hall–Kier alpha value is -4.26. The van der Waals surface area contributed by atoms with Crippen LogP contribution in [0.4, 0.5) is 0 Å². The zero-order valence-corrected chi connectivity index (χ0v) is 20.5. The SMILES string of the molecule is Cc1oc(-c2ccccc2)nc1CCOc1cc2c(c(-c3ccc4c(c3)OCO4)c1)C(CC(=O)O)CC2. The number of carbonyl (C=O) groups is 1. The van der Waals surface area contributed by atoms with Crippen LogP contribution in [0.2, 0.25) is 0 Å². The molecule has 1 atom stereocenters. The van der Waals surface area contributed by atoms with E-state index < -0.39 is 5.97 Å². The molecular formula is C30H27NO6. The van der Waals surface area contributed by atoms with Crippen molar-refractivity contribution in [1.29, 1.82) is 0 Å². The van der Waals surface area contributed by atoms with Gasteiger partial charge in [-0.2, -0.15) is 0 Å². The molecule has 7 heteroatoms. The second-order valence-corrected chi connectivity index (χ2v) is 9.43. The Labute approximate surface area is 214 Å². The summed E-state index contributed by atoms with van der Waals surface area (Å²) in [6.07, 6.45) is 2.36. The van der Waals surface area contributed by atoms with Crippen LogP contribution in [0.5, 0.6) is 17.2 Å². The first-order valence-corrected chi connectivity index (χ1v) is 12.5. The summed E-state index contributed by atoms with van der Waals surface area (Å²) in [6, 6.07) is 19.8. The number of aliphatic carboxylic acids is 1. The molecule has 4 aromatic rings. The van der Waals surface area contributed by atoms with Gasteiger partial charge < -0.3 is 23.7 Å². The lowest BCUT2D eigenvalue weighted by atomic mass is 9.89. The molecule has 2 aliphatic rings. The Morgan fingerprint density at radius 1 is 1.05 bits per heavy atom. The molecule has 1 unspecified atom stereocenters. The van der Waals surface area contributed by atoms with E-state index in [1.165, 1.54) is 0 Å². The molecule has 1 aromatic heterocycles. The van der Waals surface area contributed by atoms with E-state index in [-0.39, 0.29) is 19.1 Å². The van der Waals surface area contributed by atoms with E-state index in [9.17, 15) is 9.90 Å². The van der Waals surface area contributed by atoms with Crippen LogP contribution in [0.15, 0.2) is 65.1 Å². The van der Waals surface area contributed by atoms with Gasteiger partial charge in [-0.05, 0) is 84.3 Å². The fraction of sp³-hybridized carbons (Fsp3) is 0.267. The van der Waals surface area contributed by atoms with Crippen molar-refractivity contribution in [3.8, 4) is 39.8 Å². The number of fused-ring (bicyclic) bond motifs is 2. The number of rotatable bonds is 8. The van der Waals surface area contributed by atoms with Gasteiger partial charge in [0, 0.05) is 12.0 Å². The maximum Gasteiger partial charge on any atom is 0.303 e. The van der Waals surface area contributed by atoms with Gasteiger partial charge in [-0.25, -0.2) is 4.98 Å². The largest absolute Gasteiger partial charge is 0.493 e. The van der Waals surface area contributed by atoms with Crippen LogP contribution >= 0.6 is 0 Å². The molecule has 1 aliphatic heterocycles. The van der Waals surface area contributed by atoms with Gasteiger partial charge in [0.05, 0.1) is 18.7 Å². The van der Waals surface area contributed by atoms with Crippen LogP contribution in [0.25, 0.3) is 22.6 Å². The van der Waals surface area contributed by atoms with Crippen molar-refractivity contribution in [2.45, 2.75) is 38.5 Å². The molecule has 7 nitrogen and oxygen atoms in total. The third-order valence-corrected chi connectivity index (χ3v) is 7.04. The Morgan fingerprint density at radius 2 is 1.89 bits per heavy atom. The molecule has 3 aromatic carbocycles. The van der Waals surface area contributed by atoms with Crippen LogP contribution in [0.3, 0.4) is 0 Å². The highest BCUT2D eigenvalue weighted by Gasteiger charge is 2.29. The molecule has 1 N–H and O–H groups in total. The number of aryl methyl sites for hydroxylation is 2. The number of nitrogens with zero attached hydrogens (tertiary/aromatic N) is 1. The van der Waals surface area contributed by atoms with Crippen molar-refractivity contribution in [3.05, 3.63) is 83.2 Å². The van der Waals surface area contributed by atoms with Crippen LogP contribution in [-0.4, -0.2) is 29.5 Å². The van der Waals surface area contributed by atoms with Gasteiger partial charge in [-0.15, -0.1) is 0 Å². The molecule has 1 aliphatic carbocycles. The van der Waals surface area contributed by atoms with E-state index >= 15 is 0 Å². The molecule has 2 heterocycles. The predicted molar refractivity (Wildman–Crippen MR) is 137 cm³/mol. The van der Waals surface area contributed by atoms with Gasteiger partial charge in [0.15, 0.2) is 11.5 Å². The number of hydrogen-bond acceptors (Lipinski definition) is 6. The van der Waals surface area contributed by atoms with Gasteiger partial charge >= 0.3 is 5.97 Å². The summed E-state index contributed by atoms with van der Waals surface area (Å²) in [7, 11) is 0. The minimum atomic E-state index is -0.785. The summed E-state index contributed by atoms with van der Waals surface area (Å²) >= 11 is 0. The third kappa shape index (κ3) is 4.65. The number of hydrogen-bond donors (Lipinski definition) is 1. The quantitative estimate of drug-likeness (QED) is 0.311. The van der Waals surface area contributed by atoms with Gasteiger partial charge in [0.1, 0.15) is 11.5 Å². The Bertz CT molecular complexity index is 1460. The van der Waals surface area contributed by atoms with E-state index in [0.29, 0.717) is 30.4 Å². The Balaban J connectivity index is 1.26. The number of aromatic nitrogens is 1. The standard InChI is InChI=1S/C30H27NO6/c1-18-25(31-30(37-18)19-5-3-2-4-6-19)11-12-34-23-13-21-7-8-22(15-28(32)33)29(21)24(16-23)20-9-10-26-27(14-20)36-17-35-26/h2-6,9-10,13-14,16,22H,7-8,11-12,15,17H2,1H3,(H,32,33). The lowest BCUT2D eigenvalue weighted by molar-refractivity contribution is -0.137. The zero-order chi connectivity index (χ0) is 25.4. The molecule has 0 amide bonds. The number of benzene rings is 3. The molecule has 37 heavy (non-hydrogen) atoms. The first-order valence-electron chi connectivity index (χ1n) is 12.5. The maximum atomic E-state index is 11.6. The second-order valence-electron chi connectivity index (χ2n) is 9.43. The van der Waals surface area contributed by atoms with Crippen LogP contribution in [0, 0.1) is 6.92 Å². The summed E-state index contributed by atoms with van der Waals surface area (Å²) < 4.78 is 23.2. The van der Waals surface area contributed by atoms with Gasteiger partial charge in [-0.3, -0.25) is 4.79 Å². The fourth-order valence-electron chi connectivity index (χ4n) is 5.28. The fourth-order valence-corrected chi connectivity index (χ4v) is 5.28. The van der Waals surface area contributed by atoms with Crippen LogP contribution < -0.4 is 14.2 Å². The van der Waals surface area contributed by atoms with Crippen molar-refractivity contribution in [1.82, 2.24) is 4.98 Å². The lowest BCUT2D eigenvalue weighted by Gasteiger charge is -2.17. The van der Waals surface area contributed by atoms with E-state index in [2.05, 4.69) is 11.1 Å². The number of oxazole rings is 1. The smallest absolute Gasteiger partial charge is 0.303 e. The molecular weight excluding hydrogens is 470 g/mol. The van der Waals surface area contributed by atoms with E-state index in [1.54, 1.807) is 0 Å². The average Bonchev–Trinajstić information content (AvgIpc) is 3.62. The maximum absolute atomic E-state index is 11.6. The second kappa shape index (κ2) is 9.65. The molecule has 0 bridgehead atoms. The highest BCUT2D eigenvalue weighted by Crippen LogP contribution is 2.46. The topological polar surface area (TPSA) is 91.0 Å². The molecule has 0 fully saturated rings. The molecule has 188 valence electrons. The van der Waals surface area contributed by atoms with Gasteiger partial charge in [-0.1, -0.05) is 24.3 Å². The van der Waals surface area contributed by atoms with Crippen LogP contribution in [0.1, 0.15) is 41.3 Å². The summed E-state index contributed by atoms with van der Waals surface area (Å²) in [6.45, 7) is 2.57. The zero-order valence-electron chi connectivity index (χ0n) is 20.5. The minimum absolute atomic E-state index is 0.0313. The van der Waals surface area contributed by atoms with Gasteiger partial charge in [0.2, 0.25) is 12.7 Å². The van der Waals surface area contributed by atoms with E-state index in [4.69, 9.17) is 18.6 Å². The number of carboxylic acids is 1. The normalized spacial score (nSPS) is 15.5. The van der Waals surface area contributed by atoms with Crippen LogP contribution in [-0.2, 0) is 17.6 Å². The Kier molecular flexibility index (Phi) is 6.04. The van der Waals surface area contributed by atoms with Crippen molar-refractivity contribution in [2.75, 3.05) is 13.4 Å². The van der Waals surface area contributed by atoms with Crippen molar-refractivity contribution in [3.63, 3.8) is 0 Å². The van der Waals surface area contributed by atoms with Crippen molar-refractivity contribution in [2.24, 2.45) is 0 Å². The van der Waals surface area contributed by atoms with E-state index in [1.807, 2.05) is 61.5 Å². The monoisotopic (exact) mass is 497 g/mol. The molecule has 0 radical (unpaired) electrons. The lowest BCUT2D eigenvalue weighted by Crippen LogP contribution is -2.06. The highest BCUT2D eigenvalue weighted by molar-refractivity contribution is 5.77. The summed E-state index contributed by atoms with van der Waals surface area (Å²) in [4.78, 5) is 16.2. The predicted octanol–water partition coefficient (Wildman–Crippen LogP) is 6.17. The van der Waals surface area contributed by atoms with Crippen molar-refractivity contribution < 1.29 is 28.5 Å². The summed E-state index contributed by atoms with van der Waals surface area (Å²) in [5.41, 5.74) is 5.99. The number of carboxylic acid groups (broad SMARTS) is 1. The summed E-state index contributed by atoms with van der Waals surface area (Å²) in [5.74, 6) is 2.75. The highest BCUT2D eigenvalue weighted by atomic mass is 16.7. The van der Waals surface area contributed by atoms with E-state index in [0.717, 1.165) is 57.9 Å². The first kappa shape index (κ1) is 23.2. The summed E-state index contributed by atoms with van der Waals surface area (Å²) in [5, 5.41) is 9.49. The molecule has 0 saturated heterocycles. The Morgan fingerprint density at radius 3 is 2.73 bits per heavy atom. The van der Waals surface area contributed by atoms with Gasteiger partial charge in [0.25, 0.3) is 0 Å². The minimum Gasteiger partial charge on any atom is -0.493 e. The molecule has 0 spiro atoms. The molecule has 6 rings (SSSR count). The van der Waals surface area contributed by atoms with Crippen molar-refractivity contribution >= 4 is 5.97 Å².